The summed E-state index contributed by atoms with van der Waals surface area (Å²) >= 11 is 0. The zero-order valence-corrected chi connectivity index (χ0v) is 10.2. The third-order valence-electron chi connectivity index (χ3n) is 3.05. The fourth-order valence-electron chi connectivity index (χ4n) is 1.79. The molecule has 19 heavy (non-hydrogen) atoms. The average molecular weight is 263 g/mol. The van der Waals surface area contributed by atoms with Gasteiger partial charge in [0.2, 0.25) is 0 Å². The van der Waals surface area contributed by atoms with Gasteiger partial charge in [-0.15, -0.1) is 0 Å². The van der Waals surface area contributed by atoms with Gasteiger partial charge in [0, 0.05) is 11.1 Å². The van der Waals surface area contributed by atoms with Crippen LogP contribution >= 0.6 is 0 Å². The molecule has 5 nitrogen and oxygen atoms in total. The molecular formula is C13H10FNO4. The van der Waals surface area contributed by atoms with Crippen molar-refractivity contribution in [2.75, 3.05) is 4.90 Å². The van der Waals surface area contributed by atoms with E-state index in [1.54, 1.807) is 0 Å². The SMILES string of the molecule is CC1=C(C)C(=O)N(c2ccc(C(=O)O)cc2F)C1=O. The second-order valence-electron chi connectivity index (χ2n) is 4.17. The first kappa shape index (κ1) is 12.9. The molecule has 2 rings (SSSR count). The van der Waals surface area contributed by atoms with Crippen molar-refractivity contribution in [2.45, 2.75) is 13.8 Å². The standard InChI is InChI=1S/C13H10FNO4/c1-6-7(2)12(17)15(11(6)16)10-4-3-8(13(18)19)5-9(10)14/h3-5H,1-2H3,(H,18,19). The highest BCUT2D eigenvalue weighted by molar-refractivity contribution is 6.32. The normalized spacial score (nSPS) is 15.4. The maximum Gasteiger partial charge on any atom is 0.335 e. The van der Waals surface area contributed by atoms with E-state index in [9.17, 15) is 18.8 Å². The number of carboxylic acid groups (broad SMARTS) is 1. The zero-order valence-electron chi connectivity index (χ0n) is 10.2. The van der Waals surface area contributed by atoms with Crippen LogP contribution in [0.1, 0.15) is 24.2 Å². The monoisotopic (exact) mass is 263 g/mol. The van der Waals surface area contributed by atoms with E-state index >= 15 is 0 Å². The summed E-state index contributed by atoms with van der Waals surface area (Å²) in [6.45, 7) is 2.97. The molecule has 0 bridgehead atoms. The van der Waals surface area contributed by atoms with Gasteiger partial charge in [-0.2, -0.15) is 0 Å². The molecule has 0 radical (unpaired) electrons. The summed E-state index contributed by atoms with van der Waals surface area (Å²) < 4.78 is 13.8. The number of amides is 2. The number of hydrogen-bond acceptors (Lipinski definition) is 3. The van der Waals surface area contributed by atoms with E-state index in [0.29, 0.717) is 4.90 Å². The third-order valence-corrected chi connectivity index (χ3v) is 3.05. The lowest BCUT2D eigenvalue weighted by Gasteiger charge is -2.15. The van der Waals surface area contributed by atoms with Crippen LogP contribution in [-0.4, -0.2) is 22.9 Å². The Hall–Kier alpha value is -2.50. The van der Waals surface area contributed by atoms with Crippen molar-refractivity contribution in [1.29, 1.82) is 0 Å². The minimum Gasteiger partial charge on any atom is -0.478 e. The molecule has 0 aromatic heterocycles. The number of anilines is 1. The predicted octanol–water partition coefficient (Wildman–Crippen LogP) is 1.73. The molecule has 0 fully saturated rings. The van der Waals surface area contributed by atoms with Crippen LogP contribution < -0.4 is 4.90 Å². The van der Waals surface area contributed by atoms with Crippen LogP contribution in [-0.2, 0) is 9.59 Å². The van der Waals surface area contributed by atoms with Crippen LogP contribution in [0.25, 0.3) is 0 Å². The molecule has 0 aliphatic carbocycles. The number of rotatable bonds is 2. The van der Waals surface area contributed by atoms with Gasteiger partial charge < -0.3 is 5.11 Å². The Balaban J connectivity index is 2.48. The lowest BCUT2D eigenvalue weighted by molar-refractivity contribution is -0.120. The van der Waals surface area contributed by atoms with E-state index in [4.69, 9.17) is 5.11 Å². The van der Waals surface area contributed by atoms with Crippen LogP contribution in [0.5, 0.6) is 0 Å². The van der Waals surface area contributed by atoms with Crippen molar-refractivity contribution in [3.8, 4) is 0 Å². The summed E-state index contributed by atoms with van der Waals surface area (Å²) in [6.07, 6.45) is 0. The zero-order chi connectivity index (χ0) is 14.3. The maximum atomic E-state index is 13.8. The number of carbonyl (C=O) groups is 3. The summed E-state index contributed by atoms with van der Waals surface area (Å²) in [4.78, 5) is 35.1. The molecule has 0 unspecified atom stereocenters. The molecule has 1 aromatic rings. The van der Waals surface area contributed by atoms with Crippen molar-refractivity contribution in [2.24, 2.45) is 0 Å². The number of carbonyl (C=O) groups excluding carboxylic acids is 2. The van der Waals surface area contributed by atoms with E-state index in [1.807, 2.05) is 0 Å². The Bertz CT molecular complexity index is 624. The van der Waals surface area contributed by atoms with Crippen LogP contribution in [0.2, 0.25) is 0 Å². The highest BCUT2D eigenvalue weighted by Gasteiger charge is 2.36. The molecule has 0 saturated carbocycles. The van der Waals surface area contributed by atoms with Crippen LogP contribution in [0.4, 0.5) is 10.1 Å². The summed E-state index contributed by atoms with van der Waals surface area (Å²) in [5, 5.41) is 8.73. The summed E-state index contributed by atoms with van der Waals surface area (Å²) in [5.41, 5.74) is 0.0244. The number of halogens is 1. The van der Waals surface area contributed by atoms with Gasteiger partial charge in [0.25, 0.3) is 11.8 Å². The molecule has 1 aliphatic rings. The lowest BCUT2D eigenvalue weighted by Crippen LogP contribution is -2.32. The molecule has 0 atom stereocenters. The smallest absolute Gasteiger partial charge is 0.335 e. The molecule has 1 heterocycles. The Morgan fingerprint density at radius 3 is 2.11 bits per heavy atom. The summed E-state index contributed by atoms with van der Waals surface area (Å²) in [5.74, 6) is -3.40. The first-order valence-corrected chi connectivity index (χ1v) is 5.43. The van der Waals surface area contributed by atoms with Gasteiger partial charge in [-0.1, -0.05) is 0 Å². The van der Waals surface area contributed by atoms with E-state index in [1.165, 1.54) is 13.8 Å². The van der Waals surface area contributed by atoms with Crippen molar-refractivity contribution < 1.29 is 23.9 Å². The van der Waals surface area contributed by atoms with Crippen molar-refractivity contribution >= 4 is 23.5 Å². The summed E-state index contributed by atoms with van der Waals surface area (Å²) in [7, 11) is 0. The first-order valence-electron chi connectivity index (χ1n) is 5.43. The molecule has 0 saturated heterocycles. The highest BCUT2D eigenvalue weighted by Crippen LogP contribution is 2.29. The number of benzene rings is 1. The number of imide groups is 1. The van der Waals surface area contributed by atoms with Crippen molar-refractivity contribution in [3.63, 3.8) is 0 Å². The molecule has 1 aliphatic heterocycles. The molecule has 2 amide bonds. The molecule has 98 valence electrons. The van der Waals surface area contributed by atoms with E-state index in [2.05, 4.69) is 0 Å². The number of hydrogen-bond donors (Lipinski definition) is 1. The van der Waals surface area contributed by atoms with Gasteiger partial charge in [-0.3, -0.25) is 9.59 Å². The average Bonchev–Trinajstić information content (AvgIpc) is 2.55. The predicted molar refractivity (Wildman–Crippen MR) is 64.2 cm³/mol. The largest absolute Gasteiger partial charge is 0.478 e. The van der Waals surface area contributed by atoms with Gasteiger partial charge in [0.05, 0.1) is 11.3 Å². The Kier molecular flexibility index (Phi) is 2.94. The van der Waals surface area contributed by atoms with Gasteiger partial charge in [-0.25, -0.2) is 14.1 Å². The van der Waals surface area contributed by atoms with Gasteiger partial charge in [0.1, 0.15) is 5.82 Å². The molecule has 1 N–H and O–H groups in total. The second-order valence-corrected chi connectivity index (χ2v) is 4.17. The number of carboxylic acids is 1. The van der Waals surface area contributed by atoms with Crippen molar-refractivity contribution in [1.82, 2.24) is 0 Å². The molecule has 6 heteroatoms. The van der Waals surface area contributed by atoms with Gasteiger partial charge in [-0.05, 0) is 32.0 Å². The Morgan fingerprint density at radius 2 is 1.68 bits per heavy atom. The van der Waals surface area contributed by atoms with E-state index in [-0.39, 0.29) is 22.4 Å². The fraction of sp³-hybridized carbons (Fsp3) is 0.154. The van der Waals surface area contributed by atoms with Crippen LogP contribution in [0.15, 0.2) is 29.3 Å². The molecule has 0 spiro atoms. The molecule has 1 aromatic carbocycles. The second kappa shape index (κ2) is 4.31. The topological polar surface area (TPSA) is 74.7 Å². The molecular weight excluding hydrogens is 253 g/mol. The lowest BCUT2D eigenvalue weighted by atomic mass is 10.2. The fourth-order valence-corrected chi connectivity index (χ4v) is 1.79. The quantitative estimate of drug-likeness (QED) is 0.824. The highest BCUT2D eigenvalue weighted by atomic mass is 19.1. The van der Waals surface area contributed by atoms with Gasteiger partial charge in [0.15, 0.2) is 0 Å². The minimum absolute atomic E-state index is 0.240. The first-order chi connectivity index (χ1) is 8.84. The van der Waals surface area contributed by atoms with Crippen LogP contribution in [0.3, 0.4) is 0 Å². The van der Waals surface area contributed by atoms with E-state index in [0.717, 1.165) is 18.2 Å². The third kappa shape index (κ3) is 1.91. The minimum atomic E-state index is -1.28. The number of aromatic carboxylic acids is 1. The maximum absolute atomic E-state index is 13.8. The Labute approximate surface area is 107 Å². The van der Waals surface area contributed by atoms with E-state index < -0.39 is 23.6 Å². The van der Waals surface area contributed by atoms with Crippen molar-refractivity contribution in [3.05, 3.63) is 40.7 Å². The Morgan fingerprint density at radius 1 is 1.16 bits per heavy atom. The van der Waals surface area contributed by atoms with Crippen LogP contribution in [0, 0.1) is 5.82 Å². The van der Waals surface area contributed by atoms with Gasteiger partial charge >= 0.3 is 5.97 Å². The number of nitrogens with zero attached hydrogens (tertiary/aromatic N) is 1. The summed E-state index contributed by atoms with van der Waals surface area (Å²) in [6, 6.07) is 3.03.